The minimum Gasteiger partial charge on any atom is -0.462 e. The lowest BCUT2D eigenvalue weighted by atomic mass is 10.00. The minimum absolute atomic E-state index is 0.103. The van der Waals surface area contributed by atoms with Crippen molar-refractivity contribution in [3.63, 3.8) is 0 Å². The topological polar surface area (TPSA) is 237 Å². The third kappa shape index (κ3) is 70.9. The van der Waals surface area contributed by atoms with Gasteiger partial charge in [0.05, 0.1) is 26.4 Å². The van der Waals surface area contributed by atoms with E-state index in [0.717, 1.165) is 108 Å². The number of carbonyl (C=O) groups is 4. The van der Waals surface area contributed by atoms with Gasteiger partial charge in [-0.2, -0.15) is 0 Å². The smallest absolute Gasteiger partial charge is 0.462 e. The number of ether oxygens (including phenoxy) is 4. The summed E-state index contributed by atoms with van der Waals surface area (Å²) in [5.41, 5.74) is 0. The van der Waals surface area contributed by atoms with Crippen LogP contribution in [0.4, 0.5) is 0 Å². The van der Waals surface area contributed by atoms with Crippen LogP contribution in [0.25, 0.3) is 0 Å². The summed E-state index contributed by atoms with van der Waals surface area (Å²) in [7, 11) is -9.91. The van der Waals surface area contributed by atoms with Crippen LogP contribution in [-0.4, -0.2) is 96.7 Å². The first-order valence-electron chi connectivity index (χ1n) is 40.4. The van der Waals surface area contributed by atoms with Gasteiger partial charge in [-0.3, -0.25) is 37.3 Å². The third-order valence-electron chi connectivity index (χ3n) is 18.5. The maximum Gasteiger partial charge on any atom is 0.472 e. The zero-order valence-corrected chi connectivity index (χ0v) is 65.3. The van der Waals surface area contributed by atoms with Gasteiger partial charge in [-0.15, -0.1) is 0 Å². The van der Waals surface area contributed by atoms with E-state index in [9.17, 15) is 43.2 Å². The summed E-state index contributed by atoms with van der Waals surface area (Å²) in [6.07, 6.45) is 55.8. The molecule has 17 nitrogen and oxygen atoms in total. The molecule has 0 bridgehead atoms. The van der Waals surface area contributed by atoms with Crippen LogP contribution in [0.1, 0.15) is 402 Å². The van der Waals surface area contributed by atoms with Gasteiger partial charge in [-0.05, 0) is 43.4 Å². The molecule has 0 amide bonds. The molecule has 0 rings (SSSR count). The molecule has 0 fully saturated rings. The molecule has 0 saturated carbocycles. The first-order chi connectivity index (χ1) is 46.8. The number of unbranched alkanes of at least 4 members (excludes halogenated alkanes) is 43. The van der Waals surface area contributed by atoms with E-state index in [1.165, 1.54) is 205 Å². The van der Waals surface area contributed by atoms with E-state index in [1.54, 1.807) is 0 Å². The normalized spacial score (nSPS) is 14.3. The molecule has 19 heteroatoms. The maximum atomic E-state index is 13.1. The molecule has 0 radical (unpaired) electrons. The number of hydrogen-bond acceptors (Lipinski definition) is 15. The fourth-order valence-electron chi connectivity index (χ4n) is 11.9. The summed E-state index contributed by atoms with van der Waals surface area (Å²) in [4.78, 5) is 72.8. The van der Waals surface area contributed by atoms with Crippen molar-refractivity contribution >= 4 is 39.5 Å². The Balaban J connectivity index is 5.21. The van der Waals surface area contributed by atoms with Gasteiger partial charge in [-0.1, -0.05) is 350 Å². The quantitative estimate of drug-likeness (QED) is 0.0222. The standard InChI is InChI=1S/C78H152O17P2/c1-8-10-11-12-13-14-15-16-17-18-19-20-21-22-27-30-33-38-47-54-61-77(82)94-73(65-88-75(80)59-52-45-37-32-29-26-24-23-25-28-31-35-42-49-56-69(3)4)67-92-96(84,85)90-63-72(79)64-91-97(86,87)93-68-74(95-78(83)62-55-48-39-34-36-43-50-57-70(5)6)66-89-76(81)60-53-46-41-40-44-51-58-71(7)9-2/h69-74,79H,8-68H2,1-7H3,(H,84,85)(H,86,87)/t71?,72-,73-,74-/m1/s1. The Morgan fingerprint density at radius 1 is 0.299 bits per heavy atom. The summed E-state index contributed by atoms with van der Waals surface area (Å²) < 4.78 is 68.5. The Morgan fingerprint density at radius 2 is 0.526 bits per heavy atom. The molecular formula is C78H152O17P2. The lowest BCUT2D eigenvalue weighted by molar-refractivity contribution is -0.161. The molecular weight excluding hydrogens is 1270 g/mol. The largest absolute Gasteiger partial charge is 0.472 e. The highest BCUT2D eigenvalue weighted by Gasteiger charge is 2.30. The Labute approximate surface area is 594 Å². The number of aliphatic hydroxyl groups is 1. The summed E-state index contributed by atoms with van der Waals surface area (Å²) in [5, 5.41) is 10.6. The molecule has 0 aliphatic rings. The molecule has 3 N–H and O–H groups in total. The molecule has 0 aromatic heterocycles. The Morgan fingerprint density at radius 3 is 0.784 bits per heavy atom. The van der Waals surface area contributed by atoms with E-state index in [4.69, 9.17) is 37.0 Å². The van der Waals surface area contributed by atoms with Gasteiger partial charge in [-0.25, -0.2) is 9.13 Å². The van der Waals surface area contributed by atoms with Crippen molar-refractivity contribution in [3.8, 4) is 0 Å². The summed E-state index contributed by atoms with van der Waals surface area (Å²) in [5.74, 6) is 0.106. The monoisotopic (exact) mass is 1420 g/mol. The first kappa shape index (κ1) is 95.1. The predicted molar refractivity (Wildman–Crippen MR) is 395 cm³/mol. The molecule has 0 aromatic carbocycles. The number of hydrogen-bond donors (Lipinski definition) is 3. The fraction of sp³-hybridized carbons (Fsp3) is 0.949. The molecule has 6 atom stereocenters. The molecule has 0 heterocycles. The Bertz CT molecular complexity index is 1890. The van der Waals surface area contributed by atoms with Crippen molar-refractivity contribution in [1.82, 2.24) is 0 Å². The van der Waals surface area contributed by atoms with Crippen molar-refractivity contribution in [3.05, 3.63) is 0 Å². The average Bonchev–Trinajstić information content (AvgIpc) is 1.31. The van der Waals surface area contributed by atoms with Crippen LogP contribution >= 0.6 is 15.6 Å². The SMILES string of the molecule is CCCCCCCCCCCCCCCCCCCCCCC(=O)O[C@H](COC(=O)CCCCCCCCCCCCCCCCC(C)C)COP(=O)(O)OC[C@@H](O)COP(=O)(O)OC[C@@H](COC(=O)CCCCCCCCC(C)CC)OC(=O)CCCCCCCCCC(C)C. The van der Waals surface area contributed by atoms with Gasteiger partial charge in [0.15, 0.2) is 12.2 Å². The van der Waals surface area contributed by atoms with E-state index in [-0.39, 0.29) is 25.7 Å². The van der Waals surface area contributed by atoms with Crippen molar-refractivity contribution < 1.29 is 80.2 Å². The molecule has 0 aliphatic heterocycles. The van der Waals surface area contributed by atoms with Gasteiger partial charge in [0.25, 0.3) is 0 Å². The molecule has 0 spiro atoms. The number of rotatable bonds is 76. The van der Waals surface area contributed by atoms with E-state index in [2.05, 4.69) is 48.5 Å². The first-order valence-corrected chi connectivity index (χ1v) is 43.4. The number of phosphoric ester groups is 2. The third-order valence-corrected chi connectivity index (χ3v) is 20.4. The van der Waals surface area contributed by atoms with Crippen LogP contribution in [0.15, 0.2) is 0 Å². The van der Waals surface area contributed by atoms with Crippen LogP contribution in [0.2, 0.25) is 0 Å². The van der Waals surface area contributed by atoms with E-state index in [0.29, 0.717) is 31.6 Å². The molecule has 0 aromatic rings. The molecule has 0 saturated heterocycles. The second-order valence-corrected chi connectivity index (χ2v) is 32.2. The van der Waals surface area contributed by atoms with Crippen molar-refractivity contribution in [1.29, 1.82) is 0 Å². The van der Waals surface area contributed by atoms with Crippen molar-refractivity contribution in [2.45, 2.75) is 420 Å². The Kier molecular flexibility index (Phi) is 67.1. The summed E-state index contributed by atoms with van der Waals surface area (Å²) in [6, 6.07) is 0. The van der Waals surface area contributed by atoms with Gasteiger partial charge >= 0.3 is 39.5 Å². The van der Waals surface area contributed by atoms with Crippen LogP contribution in [0.5, 0.6) is 0 Å². The van der Waals surface area contributed by atoms with Gasteiger partial charge < -0.3 is 33.8 Å². The van der Waals surface area contributed by atoms with Gasteiger partial charge in [0, 0.05) is 25.7 Å². The second-order valence-electron chi connectivity index (χ2n) is 29.3. The highest BCUT2D eigenvalue weighted by molar-refractivity contribution is 7.47. The zero-order chi connectivity index (χ0) is 71.6. The highest BCUT2D eigenvalue weighted by atomic mass is 31.2. The molecule has 0 aliphatic carbocycles. The lowest BCUT2D eigenvalue weighted by Crippen LogP contribution is -2.30. The van der Waals surface area contributed by atoms with Crippen LogP contribution in [-0.2, 0) is 65.4 Å². The summed E-state index contributed by atoms with van der Waals surface area (Å²) in [6.45, 7) is 11.8. The predicted octanol–water partition coefficient (Wildman–Crippen LogP) is 23.0. The van der Waals surface area contributed by atoms with E-state index >= 15 is 0 Å². The number of phosphoric acid groups is 2. The fourth-order valence-corrected chi connectivity index (χ4v) is 13.5. The molecule has 97 heavy (non-hydrogen) atoms. The Hall–Kier alpha value is -1.94. The van der Waals surface area contributed by atoms with Crippen LogP contribution in [0, 0.1) is 17.8 Å². The lowest BCUT2D eigenvalue weighted by Gasteiger charge is -2.21. The number of carbonyl (C=O) groups excluding carboxylic acids is 4. The van der Waals surface area contributed by atoms with Crippen LogP contribution in [0.3, 0.4) is 0 Å². The minimum atomic E-state index is -4.96. The van der Waals surface area contributed by atoms with Gasteiger partial charge in [0.2, 0.25) is 0 Å². The number of aliphatic hydroxyl groups excluding tert-OH is 1. The van der Waals surface area contributed by atoms with E-state index < -0.39 is 97.5 Å². The molecule has 576 valence electrons. The molecule has 3 unspecified atom stereocenters. The number of esters is 4. The van der Waals surface area contributed by atoms with E-state index in [1.807, 2.05) is 0 Å². The average molecular weight is 1420 g/mol. The van der Waals surface area contributed by atoms with Crippen molar-refractivity contribution in [2.24, 2.45) is 17.8 Å². The maximum absolute atomic E-state index is 13.1. The summed E-state index contributed by atoms with van der Waals surface area (Å²) >= 11 is 0. The van der Waals surface area contributed by atoms with Gasteiger partial charge in [0.1, 0.15) is 19.3 Å². The van der Waals surface area contributed by atoms with Crippen molar-refractivity contribution in [2.75, 3.05) is 39.6 Å². The van der Waals surface area contributed by atoms with Crippen LogP contribution < -0.4 is 0 Å². The second kappa shape index (κ2) is 68.5. The zero-order valence-electron chi connectivity index (χ0n) is 63.5. The highest BCUT2D eigenvalue weighted by Crippen LogP contribution is 2.45.